The Hall–Kier alpha value is -3.33. The van der Waals surface area contributed by atoms with E-state index in [1.807, 2.05) is 48.5 Å². The Morgan fingerprint density at radius 1 is 1.19 bits per heavy atom. The maximum Gasteiger partial charge on any atom is 0.325 e. The average Bonchev–Trinajstić information content (AvgIpc) is 3.04. The second kappa shape index (κ2) is 7.70. The molecule has 0 amide bonds. The summed E-state index contributed by atoms with van der Waals surface area (Å²) >= 11 is 0. The number of nitrogens with zero attached hydrogens (tertiary/aromatic N) is 3. The van der Waals surface area contributed by atoms with Gasteiger partial charge in [-0.3, -0.25) is 4.79 Å². The van der Waals surface area contributed by atoms with Crippen molar-refractivity contribution in [2.24, 2.45) is 0 Å². The van der Waals surface area contributed by atoms with Crippen molar-refractivity contribution in [1.82, 2.24) is 9.55 Å². The Balaban J connectivity index is 1.98. The molecule has 0 fully saturated rings. The summed E-state index contributed by atoms with van der Waals surface area (Å²) < 4.78 is 11.7. The zero-order valence-electron chi connectivity index (χ0n) is 14.7. The van der Waals surface area contributed by atoms with Gasteiger partial charge in [0.05, 0.1) is 31.3 Å². The van der Waals surface area contributed by atoms with Gasteiger partial charge in [-0.05, 0) is 36.2 Å². The van der Waals surface area contributed by atoms with E-state index in [0.717, 1.165) is 22.3 Å². The quantitative estimate of drug-likeness (QED) is 0.639. The van der Waals surface area contributed by atoms with Crippen LogP contribution in [0.5, 0.6) is 5.75 Å². The van der Waals surface area contributed by atoms with Crippen LogP contribution >= 0.6 is 0 Å². The van der Waals surface area contributed by atoms with Gasteiger partial charge in [-0.25, -0.2) is 4.98 Å². The number of esters is 1. The second-order valence-corrected chi connectivity index (χ2v) is 5.85. The van der Waals surface area contributed by atoms with Crippen molar-refractivity contribution in [2.45, 2.75) is 18.9 Å². The summed E-state index contributed by atoms with van der Waals surface area (Å²) in [5.74, 6) is 0.464. The van der Waals surface area contributed by atoms with Crippen LogP contribution in [0.3, 0.4) is 0 Å². The SMILES string of the molecule is COC(=O)Cn1c(C(C#N)Cc2ccc(OC)cc2)nc2ccccc21. The number of rotatable bonds is 6. The summed E-state index contributed by atoms with van der Waals surface area (Å²) in [6.07, 6.45) is 0.491. The van der Waals surface area contributed by atoms with Gasteiger partial charge in [0.1, 0.15) is 24.0 Å². The van der Waals surface area contributed by atoms with Crippen molar-refractivity contribution in [1.29, 1.82) is 5.26 Å². The minimum Gasteiger partial charge on any atom is -0.497 e. The number of nitriles is 1. The maximum atomic E-state index is 11.8. The Kier molecular flexibility index (Phi) is 5.18. The summed E-state index contributed by atoms with van der Waals surface area (Å²) in [5.41, 5.74) is 2.55. The van der Waals surface area contributed by atoms with E-state index in [0.29, 0.717) is 12.2 Å². The fourth-order valence-corrected chi connectivity index (χ4v) is 2.91. The molecular formula is C20H19N3O3. The van der Waals surface area contributed by atoms with E-state index in [1.165, 1.54) is 7.11 Å². The number of methoxy groups -OCH3 is 2. The number of hydrogen-bond donors (Lipinski definition) is 0. The molecule has 0 aliphatic rings. The third-order valence-electron chi connectivity index (χ3n) is 4.27. The molecule has 0 spiro atoms. The summed E-state index contributed by atoms with van der Waals surface area (Å²) in [4.78, 5) is 16.5. The molecule has 0 aliphatic carbocycles. The van der Waals surface area contributed by atoms with Crippen LogP contribution in [0.4, 0.5) is 0 Å². The molecule has 0 radical (unpaired) electrons. The van der Waals surface area contributed by atoms with Gasteiger partial charge in [-0.1, -0.05) is 24.3 Å². The predicted octanol–water partition coefficient (Wildman–Crippen LogP) is 3.07. The molecule has 1 aromatic heterocycles. The Labute approximate surface area is 151 Å². The average molecular weight is 349 g/mol. The molecule has 0 aliphatic heterocycles. The van der Waals surface area contributed by atoms with Crippen LogP contribution in [0, 0.1) is 11.3 Å². The molecule has 0 bridgehead atoms. The molecule has 6 heteroatoms. The highest BCUT2D eigenvalue weighted by Gasteiger charge is 2.22. The van der Waals surface area contributed by atoms with E-state index in [1.54, 1.807) is 11.7 Å². The van der Waals surface area contributed by atoms with Crippen molar-refractivity contribution in [2.75, 3.05) is 14.2 Å². The lowest BCUT2D eigenvalue weighted by Crippen LogP contribution is -2.16. The fraction of sp³-hybridized carbons (Fsp3) is 0.250. The lowest BCUT2D eigenvalue weighted by Gasteiger charge is -2.12. The molecule has 1 atom stereocenters. The molecule has 26 heavy (non-hydrogen) atoms. The topological polar surface area (TPSA) is 77.1 Å². The van der Waals surface area contributed by atoms with Gasteiger partial charge >= 0.3 is 5.97 Å². The van der Waals surface area contributed by atoms with Crippen LogP contribution in [-0.2, 0) is 22.5 Å². The molecule has 1 heterocycles. The largest absolute Gasteiger partial charge is 0.497 e. The van der Waals surface area contributed by atoms with Gasteiger partial charge in [-0.15, -0.1) is 0 Å². The molecule has 3 aromatic rings. The van der Waals surface area contributed by atoms with E-state index >= 15 is 0 Å². The molecule has 132 valence electrons. The first-order valence-electron chi connectivity index (χ1n) is 8.20. The van der Waals surface area contributed by atoms with Crippen LogP contribution < -0.4 is 4.74 Å². The van der Waals surface area contributed by atoms with Crippen LogP contribution in [0.2, 0.25) is 0 Å². The lowest BCUT2D eigenvalue weighted by molar-refractivity contribution is -0.141. The number of para-hydroxylation sites is 2. The van der Waals surface area contributed by atoms with Gasteiger partial charge in [0.25, 0.3) is 0 Å². The van der Waals surface area contributed by atoms with Crippen molar-refractivity contribution in [3.8, 4) is 11.8 Å². The predicted molar refractivity (Wildman–Crippen MR) is 96.8 cm³/mol. The smallest absolute Gasteiger partial charge is 0.325 e. The molecule has 6 nitrogen and oxygen atoms in total. The lowest BCUT2D eigenvalue weighted by atomic mass is 9.99. The molecule has 0 saturated carbocycles. The van der Waals surface area contributed by atoms with Gasteiger partial charge in [0.15, 0.2) is 0 Å². The second-order valence-electron chi connectivity index (χ2n) is 5.85. The molecule has 0 N–H and O–H groups in total. The summed E-state index contributed by atoms with van der Waals surface area (Å²) in [7, 11) is 2.96. The number of aromatic nitrogens is 2. The number of ether oxygens (including phenoxy) is 2. The van der Waals surface area contributed by atoms with Gasteiger partial charge in [0.2, 0.25) is 0 Å². The third-order valence-corrected chi connectivity index (χ3v) is 4.27. The molecule has 1 unspecified atom stereocenters. The Morgan fingerprint density at radius 3 is 2.58 bits per heavy atom. The number of carbonyl (C=O) groups is 1. The van der Waals surface area contributed by atoms with Crippen molar-refractivity contribution < 1.29 is 14.3 Å². The number of benzene rings is 2. The number of fused-ring (bicyclic) bond motifs is 1. The summed E-state index contributed by atoms with van der Waals surface area (Å²) in [6.45, 7) is 0.0210. The van der Waals surface area contributed by atoms with E-state index in [-0.39, 0.29) is 12.5 Å². The van der Waals surface area contributed by atoms with Crippen LogP contribution in [-0.4, -0.2) is 29.7 Å². The number of imidazole rings is 1. The molecular weight excluding hydrogens is 330 g/mol. The molecule has 3 rings (SSSR count). The van der Waals surface area contributed by atoms with Crippen LogP contribution in [0.15, 0.2) is 48.5 Å². The normalized spacial score (nSPS) is 11.7. The minimum absolute atomic E-state index is 0.0210. The van der Waals surface area contributed by atoms with Crippen LogP contribution in [0.1, 0.15) is 17.3 Å². The third kappa shape index (κ3) is 3.52. The van der Waals surface area contributed by atoms with Crippen molar-refractivity contribution in [3.05, 3.63) is 59.9 Å². The first kappa shape index (κ1) is 17.5. The first-order valence-corrected chi connectivity index (χ1v) is 8.20. The molecule has 0 saturated heterocycles. The monoisotopic (exact) mass is 349 g/mol. The highest BCUT2D eigenvalue weighted by molar-refractivity contribution is 5.79. The maximum absolute atomic E-state index is 11.8. The van der Waals surface area contributed by atoms with E-state index in [2.05, 4.69) is 11.1 Å². The minimum atomic E-state index is -0.486. The first-order chi connectivity index (χ1) is 12.7. The summed E-state index contributed by atoms with van der Waals surface area (Å²) in [5, 5.41) is 9.74. The standard InChI is InChI=1S/C20H19N3O3/c1-25-16-9-7-14(8-10-16)11-15(12-21)20-22-17-5-3-4-6-18(17)23(20)13-19(24)26-2/h3-10,15H,11,13H2,1-2H3. The van der Waals surface area contributed by atoms with Crippen LogP contribution in [0.25, 0.3) is 11.0 Å². The van der Waals surface area contributed by atoms with Crippen molar-refractivity contribution >= 4 is 17.0 Å². The highest BCUT2D eigenvalue weighted by Crippen LogP contribution is 2.25. The zero-order valence-corrected chi connectivity index (χ0v) is 14.7. The number of carbonyl (C=O) groups excluding carboxylic acids is 1. The highest BCUT2D eigenvalue weighted by atomic mass is 16.5. The van der Waals surface area contributed by atoms with Crippen molar-refractivity contribution in [3.63, 3.8) is 0 Å². The fourth-order valence-electron chi connectivity index (χ4n) is 2.91. The zero-order chi connectivity index (χ0) is 18.5. The summed E-state index contributed by atoms with van der Waals surface area (Å²) in [6, 6.07) is 17.4. The van der Waals surface area contributed by atoms with E-state index < -0.39 is 5.92 Å². The van der Waals surface area contributed by atoms with E-state index in [4.69, 9.17) is 9.47 Å². The molecule has 2 aromatic carbocycles. The Morgan fingerprint density at radius 2 is 1.92 bits per heavy atom. The Bertz CT molecular complexity index is 955. The van der Waals surface area contributed by atoms with Gasteiger partial charge in [0, 0.05) is 0 Å². The van der Waals surface area contributed by atoms with E-state index in [9.17, 15) is 10.1 Å². The van der Waals surface area contributed by atoms with Gasteiger partial charge < -0.3 is 14.0 Å². The number of hydrogen-bond acceptors (Lipinski definition) is 5. The van der Waals surface area contributed by atoms with Gasteiger partial charge in [-0.2, -0.15) is 5.26 Å².